The van der Waals surface area contributed by atoms with Gasteiger partial charge in [-0.2, -0.15) is 0 Å². The number of esters is 1. The number of hydrogen-bond acceptors (Lipinski definition) is 2. The Morgan fingerprint density at radius 3 is 2.31 bits per heavy atom. The van der Waals surface area contributed by atoms with Gasteiger partial charge in [-0.1, -0.05) is 23.2 Å². The maximum absolute atomic E-state index is 11.3. The molecule has 0 fully saturated rings. The minimum atomic E-state index is -0.299. The third-order valence-electron chi connectivity index (χ3n) is 2.03. The molecule has 0 N–H and O–H groups in total. The number of carbonyl (C=O) groups is 1. The molecule has 2 nitrogen and oxygen atoms in total. The summed E-state index contributed by atoms with van der Waals surface area (Å²) >= 11 is 17.5. The highest BCUT2D eigenvalue weighted by atomic mass is 35.5. The van der Waals surface area contributed by atoms with E-state index in [1.165, 1.54) is 0 Å². The molecule has 1 aromatic rings. The molecule has 0 saturated heterocycles. The van der Waals surface area contributed by atoms with Crippen LogP contribution in [0.4, 0.5) is 0 Å². The maximum atomic E-state index is 11.3. The second kappa shape index (κ2) is 6.33. The minimum absolute atomic E-state index is 0.160. The van der Waals surface area contributed by atoms with Crippen molar-refractivity contribution >= 4 is 40.8 Å². The Hall–Kier alpha value is -0.440. The Balaban J connectivity index is 2.94. The van der Waals surface area contributed by atoms with Gasteiger partial charge in [0.2, 0.25) is 0 Å². The number of alkyl halides is 1. The summed E-state index contributed by atoms with van der Waals surface area (Å²) in [7, 11) is 0. The standard InChI is InChI=1S/C11H11Cl3O2/c1-2-16-11(15)5-7-3-9(13)10(14)4-8(7)6-12/h3-4H,2,5-6H2,1H3. The molecule has 16 heavy (non-hydrogen) atoms. The molecule has 0 spiro atoms. The molecule has 0 aliphatic heterocycles. The average Bonchev–Trinajstić information content (AvgIpc) is 2.23. The topological polar surface area (TPSA) is 26.3 Å². The van der Waals surface area contributed by atoms with Crippen LogP contribution in [0, 0.1) is 0 Å². The van der Waals surface area contributed by atoms with Crippen LogP contribution in [0.15, 0.2) is 12.1 Å². The van der Waals surface area contributed by atoms with Crippen LogP contribution in [-0.4, -0.2) is 12.6 Å². The van der Waals surface area contributed by atoms with E-state index in [4.69, 9.17) is 39.5 Å². The molecule has 88 valence electrons. The Bertz CT molecular complexity index is 391. The fraction of sp³-hybridized carbons (Fsp3) is 0.364. The number of halogens is 3. The first-order valence-electron chi connectivity index (χ1n) is 4.76. The number of carbonyl (C=O) groups excluding carboxylic acids is 1. The molecular weight excluding hydrogens is 270 g/mol. The molecule has 1 rings (SSSR count). The van der Waals surface area contributed by atoms with Crippen LogP contribution >= 0.6 is 34.8 Å². The zero-order valence-corrected chi connectivity index (χ0v) is 11.0. The van der Waals surface area contributed by atoms with Crippen LogP contribution in [0.25, 0.3) is 0 Å². The van der Waals surface area contributed by atoms with Crippen molar-refractivity contribution in [2.75, 3.05) is 6.61 Å². The van der Waals surface area contributed by atoms with Crippen molar-refractivity contribution in [2.45, 2.75) is 19.2 Å². The van der Waals surface area contributed by atoms with Gasteiger partial charge in [0, 0.05) is 5.88 Å². The number of rotatable bonds is 4. The smallest absolute Gasteiger partial charge is 0.310 e. The highest BCUT2D eigenvalue weighted by molar-refractivity contribution is 6.42. The summed E-state index contributed by atoms with van der Waals surface area (Å²) in [6.07, 6.45) is 0.160. The predicted molar refractivity (Wildman–Crippen MR) is 66.4 cm³/mol. The molecule has 0 aliphatic rings. The van der Waals surface area contributed by atoms with E-state index < -0.39 is 0 Å². The normalized spacial score (nSPS) is 10.2. The fourth-order valence-corrected chi connectivity index (χ4v) is 1.91. The second-order valence-electron chi connectivity index (χ2n) is 3.15. The van der Waals surface area contributed by atoms with E-state index in [9.17, 15) is 4.79 Å². The molecule has 0 unspecified atom stereocenters. The summed E-state index contributed by atoms with van der Waals surface area (Å²) in [6, 6.07) is 3.32. The van der Waals surface area contributed by atoms with Crippen LogP contribution in [-0.2, 0) is 21.8 Å². The molecule has 0 saturated carbocycles. The Labute approximate surface area is 109 Å². The Morgan fingerprint density at radius 2 is 1.81 bits per heavy atom. The van der Waals surface area contributed by atoms with E-state index in [-0.39, 0.29) is 18.3 Å². The van der Waals surface area contributed by atoms with E-state index in [0.29, 0.717) is 16.7 Å². The predicted octanol–water partition coefficient (Wildman–Crippen LogP) is 3.84. The van der Waals surface area contributed by atoms with E-state index in [1.54, 1.807) is 19.1 Å². The number of hydrogen-bond donors (Lipinski definition) is 0. The Kier molecular flexibility index (Phi) is 5.39. The molecular formula is C11H11Cl3O2. The average molecular weight is 282 g/mol. The monoisotopic (exact) mass is 280 g/mol. The number of benzene rings is 1. The summed E-state index contributed by atoms with van der Waals surface area (Å²) in [4.78, 5) is 11.3. The third kappa shape index (κ3) is 3.55. The lowest BCUT2D eigenvalue weighted by atomic mass is 10.1. The minimum Gasteiger partial charge on any atom is -0.466 e. The van der Waals surface area contributed by atoms with Crippen LogP contribution in [0.1, 0.15) is 18.1 Å². The summed E-state index contributed by atoms with van der Waals surface area (Å²) in [6.45, 7) is 2.12. The van der Waals surface area contributed by atoms with Crippen LogP contribution in [0.5, 0.6) is 0 Å². The van der Waals surface area contributed by atoms with Crippen molar-refractivity contribution < 1.29 is 9.53 Å². The lowest BCUT2D eigenvalue weighted by molar-refractivity contribution is -0.142. The number of ether oxygens (including phenoxy) is 1. The lowest BCUT2D eigenvalue weighted by Crippen LogP contribution is -2.09. The van der Waals surface area contributed by atoms with Gasteiger partial charge in [0.25, 0.3) is 0 Å². The van der Waals surface area contributed by atoms with Gasteiger partial charge in [-0.15, -0.1) is 11.6 Å². The van der Waals surface area contributed by atoms with E-state index >= 15 is 0 Å². The quantitative estimate of drug-likeness (QED) is 0.619. The first-order valence-corrected chi connectivity index (χ1v) is 6.06. The van der Waals surface area contributed by atoms with Gasteiger partial charge in [0.15, 0.2) is 0 Å². The van der Waals surface area contributed by atoms with Crippen molar-refractivity contribution in [3.8, 4) is 0 Å². The SMILES string of the molecule is CCOC(=O)Cc1cc(Cl)c(Cl)cc1CCl. The highest BCUT2D eigenvalue weighted by Gasteiger charge is 2.11. The van der Waals surface area contributed by atoms with E-state index in [2.05, 4.69) is 0 Å². The van der Waals surface area contributed by atoms with Gasteiger partial charge in [-0.3, -0.25) is 4.79 Å². The second-order valence-corrected chi connectivity index (χ2v) is 4.23. The molecule has 0 aliphatic carbocycles. The molecule has 1 aromatic carbocycles. The van der Waals surface area contributed by atoms with Crippen LogP contribution in [0.2, 0.25) is 10.0 Å². The van der Waals surface area contributed by atoms with Crippen molar-refractivity contribution in [2.24, 2.45) is 0 Å². The first kappa shape index (κ1) is 13.6. The van der Waals surface area contributed by atoms with Gasteiger partial charge >= 0.3 is 5.97 Å². The Morgan fingerprint density at radius 1 is 1.25 bits per heavy atom. The van der Waals surface area contributed by atoms with Crippen molar-refractivity contribution in [1.82, 2.24) is 0 Å². The van der Waals surface area contributed by atoms with Crippen molar-refractivity contribution in [3.63, 3.8) is 0 Å². The molecule has 0 atom stereocenters. The zero-order valence-electron chi connectivity index (χ0n) is 8.73. The van der Waals surface area contributed by atoms with E-state index in [0.717, 1.165) is 11.1 Å². The summed E-state index contributed by atoms with van der Waals surface area (Å²) < 4.78 is 4.86. The summed E-state index contributed by atoms with van der Waals surface area (Å²) in [5, 5.41) is 0.847. The molecule has 0 amide bonds. The largest absolute Gasteiger partial charge is 0.466 e. The lowest BCUT2D eigenvalue weighted by Gasteiger charge is -2.08. The highest BCUT2D eigenvalue weighted by Crippen LogP contribution is 2.27. The third-order valence-corrected chi connectivity index (χ3v) is 3.04. The molecule has 0 aromatic heterocycles. The van der Waals surface area contributed by atoms with Crippen LogP contribution < -0.4 is 0 Å². The molecule has 0 radical (unpaired) electrons. The van der Waals surface area contributed by atoms with Gasteiger partial charge in [0.1, 0.15) is 0 Å². The molecule has 0 heterocycles. The van der Waals surface area contributed by atoms with Crippen molar-refractivity contribution in [3.05, 3.63) is 33.3 Å². The van der Waals surface area contributed by atoms with E-state index in [1.807, 2.05) is 0 Å². The van der Waals surface area contributed by atoms with Crippen molar-refractivity contribution in [1.29, 1.82) is 0 Å². The zero-order chi connectivity index (χ0) is 12.1. The summed E-state index contributed by atoms with van der Waals surface area (Å²) in [5.74, 6) is -0.0155. The molecule has 5 heteroatoms. The first-order chi connectivity index (χ1) is 7.58. The van der Waals surface area contributed by atoms with Gasteiger partial charge in [0.05, 0.1) is 23.1 Å². The fourth-order valence-electron chi connectivity index (χ4n) is 1.29. The summed E-state index contributed by atoms with van der Waals surface area (Å²) in [5.41, 5.74) is 1.55. The van der Waals surface area contributed by atoms with Crippen LogP contribution in [0.3, 0.4) is 0 Å². The van der Waals surface area contributed by atoms with Gasteiger partial charge in [-0.25, -0.2) is 0 Å². The van der Waals surface area contributed by atoms with Gasteiger partial charge in [-0.05, 0) is 30.2 Å². The molecule has 0 bridgehead atoms. The maximum Gasteiger partial charge on any atom is 0.310 e. The van der Waals surface area contributed by atoms with Gasteiger partial charge < -0.3 is 4.74 Å².